The van der Waals surface area contributed by atoms with Gasteiger partial charge in [0.05, 0.1) is 6.20 Å². The summed E-state index contributed by atoms with van der Waals surface area (Å²) < 4.78 is 4.52. The molecular weight excluding hydrogens is 156 g/mol. The van der Waals surface area contributed by atoms with Crippen LogP contribution in [0.15, 0.2) is 18.3 Å². The van der Waals surface area contributed by atoms with Crippen LogP contribution < -0.4 is 10.5 Å². The van der Waals surface area contributed by atoms with Crippen LogP contribution in [0.3, 0.4) is 0 Å². The van der Waals surface area contributed by atoms with E-state index in [0.29, 0.717) is 5.69 Å². The van der Waals surface area contributed by atoms with E-state index in [9.17, 15) is 4.79 Å². The summed E-state index contributed by atoms with van der Waals surface area (Å²) in [6.07, 6.45) is 5.52. The number of hydrogen-bond acceptors (Lipinski definition) is 3. The van der Waals surface area contributed by atoms with Gasteiger partial charge in [-0.15, -0.1) is 6.42 Å². The van der Waals surface area contributed by atoms with E-state index in [1.165, 1.54) is 12.3 Å². The molecule has 1 heterocycles. The zero-order chi connectivity index (χ0) is 8.97. The van der Waals surface area contributed by atoms with E-state index in [1.54, 1.807) is 6.07 Å². The van der Waals surface area contributed by atoms with Gasteiger partial charge in [0.1, 0.15) is 5.69 Å². The van der Waals surface area contributed by atoms with Gasteiger partial charge in [0.25, 0.3) is 0 Å². The molecule has 0 aliphatic heterocycles. The molecule has 0 saturated heterocycles. The Hall–Kier alpha value is -2.02. The molecule has 4 nitrogen and oxygen atoms in total. The standard InChI is InChI=1S/C8H6N2O2/c1-2-6-3-4-7(5-10-6)12-8(9)11/h1,3-5H,(H2,9,11). The van der Waals surface area contributed by atoms with Crippen molar-refractivity contribution in [1.82, 2.24) is 4.98 Å². The number of ether oxygens (including phenoxy) is 1. The van der Waals surface area contributed by atoms with Gasteiger partial charge in [0.2, 0.25) is 0 Å². The smallest absolute Gasteiger partial charge is 0.409 e. The highest BCUT2D eigenvalue weighted by Gasteiger charge is 1.97. The van der Waals surface area contributed by atoms with Crippen molar-refractivity contribution < 1.29 is 9.53 Å². The van der Waals surface area contributed by atoms with Crippen LogP contribution in [0, 0.1) is 12.3 Å². The maximum absolute atomic E-state index is 10.3. The summed E-state index contributed by atoms with van der Waals surface area (Å²) in [5.74, 6) is 2.60. The van der Waals surface area contributed by atoms with Crippen molar-refractivity contribution in [1.29, 1.82) is 0 Å². The minimum atomic E-state index is -0.870. The Bertz CT molecular complexity index is 324. The predicted molar refractivity (Wildman–Crippen MR) is 42.4 cm³/mol. The second kappa shape index (κ2) is 3.39. The molecule has 0 bridgehead atoms. The van der Waals surface area contributed by atoms with Gasteiger partial charge in [0, 0.05) is 0 Å². The van der Waals surface area contributed by atoms with Crippen LogP contribution in [0.1, 0.15) is 5.69 Å². The van der Waals surface area contributed by atoms with Crippen molar-refractivity contribution in [2.24, 2.45) is 5.73 Å². The summed E-state index contributed by atoms with van der Waals surface area (Å²) >= 11 is 0. The van der Waals surface area contributed by atoms with Crippen LogP contribution in [-0.2, 0) is 0 Å². The first-order valence-corrected chi connectivity index (χ1v) is 3.12. The average molecular weight is 162 g/mol. The first-order valence-electron chi connectivity index (χ1n) is 3.12. The fraction of sp³-hybridized carbons (Fsp3) is 0. The van der Waals surface area contributed by atoms with Gasteiger partial charge < -0.3 is 10.5 Å². The van der Waals surface area contributed by atoms with Gasteiger partial charge in [-0.25, -0.2) is 9.78 Å². The molecule has 0 saturated carbocycles. The van der Waals surface area contributed by atoms with Crippen LogP contribution >= 0.6 is 0 Å². The van der Waals surface area contributed by atoms with Gasteiger partial charge in [-0.2, -0.15) is 0 Å². The number of terminal acetylenes is 1. The molecule has 1 rings (SSSR count). The first-order chi connectivity index (χ1) is 5.72. The summed E-state index contributed by atoms with van der Waals surface area (Å²) in [7, 11) is 0. The van der Waals surface area contributed by atoms with Gasteiger partial charge in [-0.1, -0.05) is 5.92 Å². The van der Waals surface area contributed by atoms with E-state index in [2.05, 4.69) is 15.6 Å². The number of aromatic nitrogens is 1. The molecule has 12 heavy (non-hydrogen) atoms. The minimum absolute atomic E-state index is 0.279. The maximum atomic E-state index is 10.3. The molecule has 2 N–H and O–H groups in total. The molecule has 60 valence electrons. The van der Waals surface area contributed by atoms with Gasteiger partial charge in [0.15, 0.2) is 5.75 Å². The van der Waals surface area contributed by atoms with Crippen molar-refractivity contribution >= 4 is 6.09 Å². The SMILES string of the molecule is C#Cc1ccc(OC(N)=O)cn1. The third-order valence-corrected chi connectivity index (χ3v) is 1.10. The van der Waals surface area contributed by atoms with E-state index in [1.807, 2.05) is 0 Å². The topological polar surface area (TPSA) is 65.2 Å². The number of carbonyl (C=O) groups is 1. The van der Waals surface area contributed by atoms with Gasteiger partial charge in [-0.3, -0.25) is 0 Å². The lowest BCUT2D eigenvalue weighted by Gasteiger charge is -1.98. The van der Waals surface area contributed by atoms with Crippen LogP contribution in [-0.4, -0.2) is 11.1 Å². The predicted octanol–water partition coefficient (Wildman–Crippen LogP) is 0.520. The molecule has 1 amide bonds. The van der Waals surface area contributed by atoms with Gasteiger partial charge in [-0.05, 0) is 12.1 Å². The van der Waals surface area contributed by atoms with Crippen LogP contribution in [0.2, 0.25) is 0 Å². The Morgan fingerprint density at radius 1 is 1.67 bits per heavy atom. The summed E-state index contributed by atoms with van der Waals surface area (Å²) in [6.45, 7) is 0. The Morgan fingerprint density at radius 3 is 2.83 bits per heavy atom. The maximum Gasteiger partial charge on any atom is 0.410 e. The minimum Gasteiger partial charge on any atom is -0.409 e. The van der Waals surface area contributed by atoms with E-state index in [-0.39, 0.29) is 5.75 Å². The highest BCUT2D eigenvalue weighted by molar-refractivity contribution is 5.67. The number of nitrogens with zero attached hydrogens (tertiary/aromatic N) is 1. The quantitative estimate of drug-likeness (QED) is 0.612. The largest absolute Gasteiger partial charge is 0.410 e. The van der Waals surface area contributed by atoms with Crippen molar-refractivity contribution in [2.45, 2.75) is 0 Å². The van der Waals surface area contributed by atoms with Crippen molar-refractivity contribution in [3.63, 3.8) is 0 Å². The number of rotatable bonds is 1. The molecule has 0 aliphatic rings. The first kappa shape index (κ1) is 8.08. The molecule has 1 aromatic heterocycles. The van der Waals surface area contributed by atoms with E-state index >= 15 is 0 Å². The monoisotopic (exact) mass is 162 g/mol. The molecular formula is C8H6N2O2. The molecule has 0 aliphatic carbocycles. The molecule has 1 aromatic rings. The Balaban J connectivity index is 2.80. The van der Waals surface area contributed by atoms with Crippen LogP contribution in [0.25, 0.3) is 0 Å². The highest BCUT2D eigenvalue weighted by atomic mass is 16.5. The lowest BCUT2D eigenvalue weighted by Crippen LogP contribution is -2.16. The van der Waals surface area contributed by atoms with Crippen molar-refractivity contribution in [3.05, 3.63) is 24.0 Å². The Kier molecular flexibility index (Phi) is 2.29. The second-order valence-electron chi connectivity index (χ2n) is 1.94. The molecule has 0 fully saturated rings. The van der Waals surface area contributed by atoms with Gasteiger partial charge >= 0.3 is 6.09 Å². The average Bonchev–Trinajstić information content (AvgIpc) is 2.05. The summed E-state index contributed by atoms with van der Waals surface area (Å²) in [5, 5.41) is 0. The number of pyridine rings is 1. The normalized spacial score (nSPS) is 8.58. The van der Waals surface area contributed by atoms with Crippen molar-refractivity contribution in [3.8, 4) is 18.1 Å². The molecule has 0 unspecified atom stereocenters. The second-order valence-corrected chi connectivity index (χ2v) is 1.94. The summed E-state index contributed by atoms with van der Waals surface area (Å²) in [4.78, 5) is 14.0. The zero-order valence-electron chi connectivity index (χ0n) is 6.15. The molecule has 0 spiro atoms. The van der Waals surface area contributed by atoms with Crippen molar-refractivity contribution in [2.75, 3.05) is 0 Å². The molecule has 0 atom stereocenters. The van der Waals surface area contributed by atoms with E-state index in [4.69, 9.17) is 12.2 Å². The number of primary amides is 1. The molecule has 0 aromatic carbocycles. The number of hydrogen-bond donors (Lipinski definition) is 1. The lowest BCUT2D eigenvalue weighted by atomic mass is 10.3. The Morgan fingerprint density at radius 2 is 2.42 bits per heavy atom. The zero-order valence-corrected chi connectivity index (χ0v) is 6.15. The number of carbonyl (C=O) groups excluding carboxylic acids is 1. The Labute approximate surface area is 69.4 Å². The molecule has 4 heteroatoms. The number of amides is 1. The summed E-state index contributed by atoms with van der Waals surface area (Å²) in [6, 6.07) is 3.07. The fourth-order valence-corrected chi connectivity index (χ4v) is 0.642. The highest BCUT2D eigenvalue weighted by Crippen LogP contribution is 2.07. The third kappa shape index (κ3) is 1.99. The van der Waals surface area contributed by atoms with E-state index < -0.39 is 6.09 Å². The summed E-state index contributed by atoms with van der Waals surface area (Å²) in [5.41, 5.74) is 5.24. The van der Waals surface area contributed by atoms with Crippen LogP contribution in [0.5, 0.6) is 5.75 Å². The van der Waals surface area contributed by atoms with Crippen LogP contribution in [0.4, 0.5) is 4.79 Å². The third-order valence-electron chi connectivity index (χ3n) is 1.10. The fourth-order valence-electron chi connectivity index (χ4n) is 0.642. The van der Waals surface area contributed by atoms with E-state index in [0.717, 1.165) is 0 Å². The number of nitrogens with two attached hydrogens (primary N) is 1. The lowest BCUT2D eigenvalue weighted by molar-refractivity contribution is 0.210. The molecule has 0 radical (unpaired) electrons.